The Bertz CT molecular complexity index is 971. The third-order valence-electron chi connectivity index (χ3n) is 3.82. The number of aliphatic carboxylic acids is 1. The third-order valence-corrected chi connectivity index (χ3v) is 3.82. The van der Waals surface area contributed by atoms with Crippen molar-refractivity contribution in [3.8, 4) is 11.1 Å². The van der Waals surface area contributed by atoms with Crippen LogP contribution in [-0.2, 0) is 11.3 Å². The number of alkyl halides is 3. The number of aryl methyl sites for hydroxylation is 1. The number of benzene rings is 2. The summed E-state index contributed by atoms with van der Waals surface area (Å²) in [5.74, 6) is -2.76. The molecule has 0 spiro atoms. The van der Waals surface area contributed by atoms with Crippen LogP contribution < -0.4 is 10.6 Å². The molecule has 158 valence electrons. The number of carbonyl (C=O) groups is 2. The van der Waals surface area contributed by atoms with Gasteiger partial charge in [0.25, 0.3) is 0 Å². The number of H-pyrrole nitrogens is 1. The van der Waals surface area contributed by atoms with Crippen LogP contribution in [0.2, 0.25) is 0 Å². The molecule has 7 nitrogen and oxygen atoms in total. The van der Waals surface area contributed by atoms with Gasteiger partial charge in [-0.2, -0.15) is 18.3 Å². The van der Waals surface area contributed by atoms with E-state index in [0.717, 1.165) is 28.1 Å². The van der Waals surface area contributed by atoms with E-state index < -0.39 is 12.1 Å². The first kappa shape index (κ1) is 22.5. The number of aromatic nitrogens is 2. The van der Waals surface area contributed by atoms with Crippen LogP contribution in [0.25, 0.3) is 11.1 Å². The van der Waals surface area contributed by atoms with Crippen LogP contribution >= 0.6 is 0 Å². The molecular formula is C20H19F3N4O3. The van der Waals surface area contributed by atoms with Gasteiger partial charge < -0.3 is 15.7 Å². The first-order chi connectivity index (χ1) is 14.2. The molecule has 0 fully saturated rings. The molecular weight excluding hydrogens is 401 g/mol. The van der Waals surface area contributed by atoms with Crippen molar-refractivity contribution in [2.75, 3.05) is 5.32 Å². The quantitative estimate of drug-likeness (QED) is 0.504. The number of hydrogen-bond donors (Lipinski definition) is 4. The molecule has 0 saturated heterocycles. The van der Waals surface area contributed by atoms with E-state index in [9.17, 15) is 18.0 Å². The Morgan fingerprint density at radius 2 is 1.67 bits per heavy atom. The largest absolute Gasteiger partial charge is 0.490 e. The summed E-state index contributed by atoms with van der Waals surface area (Å²) in [4.78, 5) is 20.8. The molecule has 0 unspecified atom stereocenters. The Morgan fingerprint density at radius 1 is 1.07 bits per heavy atom. The number of anilines is 1. The van der Waals surface area contributed by atoms with Gasteiger partial charge >= 0.3 is 18.2 Å². The number of carboxylic acids is 1. The summed E-state index contributed by atoms with van der Waals surface area (Å²) in [5, 5.41) is 19.7. The van der Waals surface area contributed by atoms with Gasteiger partial charge in [-0.05, 0) is 30.2 Å². The maximum absolute atomic E-state index is 11.9. The summed E-state index contributed by atoms with van der Waals surface area (Å²) >= 11 is 0. The smallest absolute Gasteiger partial charge is 0.475 e. The van der Waals surface area contributed by atoms with Gasteiger partial charge in [0.1, 0.15) is 0 Å². The molecule has 2 amide bonds. The highest BCUT2D eigenvalue weighted by Gasteiger charge is 2.38. The Morgan fingerprint density at radius 3 is 2.17 bits per heavy atom. The lowest BCUT2D eigenvalue weighted by atomic mass is 10.1. The van der Waals surface area contributed by atoms with Gasteiger partial charge in [0.05, 0.1) is 6.20 Å². The van der Waals surface area contributed by atoms with Crippen LogP contribution in [-0.4, -0.2) is 33.5 Å². The second-order valence-corrected chi connectivity index (χ2v) is 6.08. The molecule has 10 heteroatoms. The second-order valence-electron chi connectivity index (χ2n) is 6.08. The van der Waals surface area contributed by atoms with E-state index in [4.69, 9.17) is 9.90 Å². The fourth-order valence-electron chi connectivity index (χ4n) is 2.33. The molecule has 0 aliphatic carbocycles. The Labute approximate surface area is 169 Å². The Hall–Kier alpha value is -3.82. The summed E-state index contributed by atoms with van der Waals surface area (Å²) in [5.41, 5.74) is 4.96. The van der Waals surface area contributed by atoms with Gasteiger partial charge in [-0.1, -0.05) is 42.5 Å². The summed E-state index contributed by atoms with van der Waals surface area (Å²) in [6, 6.07) is 17.3. The van der Waals surface area contributed by atoms with Crippen LogP contribution in [0, 0.1) is 6.92 Å². The monoisotopic (exact) mass is 420 g/mol. The fourth-order valence-corrected chi connectivity index (χ4v) is 2.33. The molecule has 30 heavy (non-hydrogen) atoms. The molecule has 1 heterocycles. The standard InChI is InChI=1S/C18H18N4O.C2HF3O2/c1-13-17(12-20-22-13)15-7-9-16(10-8-15)21-18(23)19-11-14-5-3-2-4-6-14;3-2(4,5)1(6)7/h2-10,12H,11H2,1H3,(H,20,22)(H2,19,21,23);(H,6,7). The second kappa shape index (κ2) is 10.1. The van der Waals surface area contributed by atoms with E-state index in [-0.39, 0.29) is 6.03 Å². The Kier molecular flexibility index (Phi) is 7.56. The molecule has 3 aromatic rings. The summed E-state index contributed by atoms with van der Waals surface area (Å²) in [6.45, 7) is 2.48. The average molecular weight is 420 g/mol. The van der Waals surface area contributed by atoms with Crippen molar-refractivity contribution < 1.29 is 27.9 Å². The van der Waals surface area contributed by atoms with Gasteiger partial charge in [0.15, 0.2) is 0 Å². The molecule has 2 aromatic carbocycles. The number of hydrogen-bond acceptors (Lipinski definition) is 3. The highest BCUT2D eigenvalue weighted by atomic mass is 19.4. The van der Waals surface area contributed by atoms with Crippen molar-refractivity contribution >= 4 is 17.7 Å². The van der Waals surface area contributed by atoms with E-state index in [0.29, 0.717) is 6.54 Å². The molecule has 0 aliphatic rings. The van der Waals surface area contributed by atoms with Crippen LogP contribution in [0.1, 0.15) is 11.3 Å². The van der Waals surface area contributed by atoms with Crippen LogP contribution in [0.3, 0.4) is 0 Å². The van der Waals surface area contributed by atoms with Gasteiger partial charge in [-0.3, -0.25) is 5.10 Å². The number of carbonyl (C=O) groups excluding carboxylic acids is 1. The maximum atomic E-state index is 11.9. The minimum absolute atomic E-state index is 0.221. The third kappa shape index (κ3) is 6.97. The summed E-state index contributed by atoms with van der Waals surface area (Å²) in [6.07, 6.45) is -3.29. The molecule has 0 saturated carbocycles. The minimum Gasteiger partial charge on any atom is -0.475 e. The number of nitrogens with one attached hydrogen (secondary N) is 3. The first-order valence-corrected chi connectivity index (χ1v) is 8.66. The number of amides is 2. The predicted octanol–water partition coefficient (Wildman–Crippen LogP) is 4.34. The minimum atomic E-state index is -5.08. The average Bonchev–Trinajstić information content (AvgIpc) is 3.13. The normalized spacial score (nSPS) is 10.5. The topological polar surface area (TPSA) is 107 Å². The van der Waals surface area contributed by atoms with Gasteiger partial charge in [-0.15, -0.1) is 0 Å². The van der Waals surface area contributed by atoms with Crippen LogP contribution in [0.15, 0.2) is 60.8 Å². The van der Waals surface area contributed by atoms with E-state index in [1.165, 1.54) is 0 Å². The number of aromatic amines is 1. The van der Waals surface area contributed by atoms with E-state index in [1.54, 1.807) is 6.20 Å². The SMILES string of the molecule is Cc1[nH]ncc1-c1ccc(NC(=O)NCc2ccccc2)cc1.O=C(O)C(F)(F)F. The molecule has 4 N–H and O–H groups in total. The van der Waals surface area contributed by atoms with Crippen molar-refractivity contribution in [3.63, 3.8) is 0 Å². The zero-order chi connectivity index (χ0) is 22.1. The number of halogens is 3. The number of urea groups is 1. The van der Waals surface area contributed by atoms with Gasteiger partial charge in [0.2, 0.25) is 0 Å². The lowest BCUT2D eigenvalue weighted by Crippen LogP contribution is -2.28. The zero-order valence-corrected chi connectivity index (χ0v) is 15.8. The molecule has 0 aliphatic heterocycles. The highest BCUT2D eigenvalue weighted by Crippen LogP contribution is 2.23. The highest BCUT2D eigenvalue weighted by molar-refractivity contribution is 5.89. The van der Waals surface area contributed by atoms with Crippen molar-refractivity contribution in [3.05, 3.63) is 72.1 Å². The predicted molar refractivity (Wildman–Crippen MR) is 105 cm³/mol. The fraction of sp³-hybridized carbons (Fsp3) is 0.150. The zero-order valence-electron chi connectivity index (χ0n) is 15.8. The van der Waals surface area contributed by atoms with Crippen LogP contribution in [0.4, 0.5) is 23.7 Å². The number of carboxylic acid groups (broad SMARTS) is 1. The van der Waals surface area contributed by atoms with E-state index >= 15 is 0 Å². The van der Waals surface area contributed by atoms with E-state index in [1.807, 2.05) is 61.5 Å². The molecule has 0 atom stereocenters. The first-order valence-electron chi connectivity index (χ1n) is 8.66. The lowest BCUT2D eigenvalue weighted by Gasteiger charge is -2.08. The van der Waals surface area contributed by atoms with Crippen molar-refractivity contribution in [1.29, 1.82) is 0 Å². The molecule has 0 bridgehead atoms. The summed E-state index contributed by atoms with van der Waals surface area (Å²) in [7, 11) is 0. The Balaban J connectivity index is 0.000000396. The molecule has 1 aromatic heterocycles. The van der Waals surface area contributed by atoms with Crippen molar-refractivity contribution in [1.82, 2.24) is 15.5 Å². The maximum Gasteiger partial charge on any atom is 0.490 e. The molecule has 0 radical (unpaired) electrons. The molecule has 3 rings (SSSR count). The number of nitrogens with zero attached hydrogens (tertiary/aromatic N) is 1. The number of rotatable bonds is 4. The van der Waals surface area contributed by atoms with E-state index in [2.05, 4.69) is 20.8 Å². The van der Waals surface area contributed by atoms with Crippen LogP contribution in [0.5, 0.6) is 0 Å². The van der Waals surface area contributed by atoms with Crippen molar-refractivity contribution in [2.45, 2.75) is 19.6 Å². The summed E-state index contributed by atoms with van der Waals surface area (Å²) < 4.78 is 31.7. The van der Waals surface area contributed by atoms with Gasteiger partial charge in [0, 0.05) is 23.5 Å². The van der Waals surface area contributed by atoms with Gasteiger partial charge in [-0.25, -0.2) is 9.59 Å². The van der Waals surface area contributed by atoms with Crippen molar-refractivity contribution in [2.24, 2.45) is 0 Å². The lowest BCUT2D eigenvalue weighted by molar-refractivity contribution is -0.192.